The minimum Gasteiger partial charge on any atom is -0.325 e. The molecule has 2 nitrogen and oxygen atoms in total. The fraction of sp³-hybridized carbons (Fsp3) is 0.500. The zero-order valence-corrected chi connectivity index (χ0v) is 11.4. The Balaban J connectivity index is 3.01. The molecule has 100 valence electrons. The van der Waals surface area contributed by atoms with Gasteiger partial charge in [-0.1, -0.05) is 20.8 Å². The van der Waals surface area contributed by atoms with E-state index in [0.29, 0.717) is 6.42 Å². The van der Waals surface area contributed by atoms with Gasteiger partial charge < -0.3 is 5.32 Å². The number of carbonyl (C=O) groups is 1. The van der Waals surface area contributed by atoms with Crippen molar-refractivity contribution in [3.05, 3.63) is 28.8 Å². The molecule has 0 atom stereocenters. The molecule has 0 aliphatic carbocycles. The second kappa shape index (κ2) is 5.04. The normalized spacial score (nSPS) is 11.5. The van der Waals surface area contributed by atoms with Crippen molar-refractivity contribution < 1.29 is 13.6 Å². The first kappa shape index (κ1) is 14.6. The van der Waals surface area contributed by atoms with Crippen molar-refractivity contribution in [1.82, 2.24) is 0 Å². The lowest BCUT2D eigenvalue weighted by Gasteiger charge is -2.19. The van der Waals surface area contributed by atoms with E-state index in [2.05, 4.69) is 5.32 Å². The first-order chi connectivity index (χ1) is 8.11. The van der Waals surface area contributed by atoms with Gasteiger partial charge in [0.2, 0.25) is 5.91 Å². The summed E-state index contributed by atoms with van der Waals surface area (Å²) in [6, 6.07) is 0.837. The lowest BCUT2D eigenvalue weighted by Crippen LogP contribution is -2.21. The van der Waals surface area contributed by atoms with E-state index < -0.39 is 11.6 Å². The van der Waals surface area contributed by atoms with E-state index in [-0.39, 0.29) is 28.1 Å². The zero-order chi connectivity index (χ0) is 14.1. The van der Waals surface area contributed by atoms with Crippen LogP contribution in [0.1, 0.15) is 38.3 Å². The van der Waals surface area contributed by atoms with Crippen molar-refractivity contribution >= 4 is 11.6 Å². The standard InChI is InChI=1S/C14H19F2NO/c1-8-10(15)6-11(16)9(2)13(8)17-12(18)7-14(3,4)5/h6H,7H2,1-5H3,(H,17,18). The Morgan fingerprint density at radius 3 is 2.00 bits per heavy atom. The van der Waals surface area contributed by atoms with Crippen LogP contribution in [0.3, 0.4) is 0 Å². The molecule has 0 aliphatic heterocycles. The molecule has 0 bridgehead atoms. The molecule has 1 amide bonds. The van der Waals surface area contributed by atoms with Gasteiger partial charge in [0.15, 0.2) is 0 Å². The van der Waals surface area contributed by atoms with Crippen molar-refractivity contribution in [2.75, 3.05) is 5.32 Å². The molecule has 18 heavy (non-hydrogen) atoms. The Labute approximate surface area is 106 Å². The number of benzene rings is 1. The number of nitrogens with one attached hydrogen (secondary N) is 1. The fourth-order valence-electron chi connectivity index (χ4n) is 1.70. The second-order valence-corrected chi connectivity index (χ2v) is 5.75. The summed E-state index contributed by atoms with van der Waals surface area (Å²) < 4.78 is 26.8. The van der Waals surface area contributed by atoms with E-state index >= 15 is 0 Å². The molecule has 0 radical (unpaired) electrons. The van der Waals surface area contributed by atoms with Gasteiger partial charge in [0, 0.05) is 23.6 Å². The van der Waals surface area contributed by atoms with Gasteiger partial charge in [0.05, 0.1) is 5.69 Å². The monoisotopic (exact) mass is 255 g/mol. The third kappa shape index (κ3) is 3.52. The quantitative estimate of drug-likeness (QED) is 0.851. The van der Waals surface area contributed by atoms with Gasteiger partial charge in [-0.2, -0.15) is 0 Å². The van der Waals surface area contributed by atoms with Crippen LogP contribution in [0.4, 0.5) is 14.5 Å². The van der Waals surface area contributed by atoms with E-state index in [0.717, 1.165) is 6.07 Å². The average molecular weight is 255 g/mol. The highest BCUT2D eigenvalue weighted by molar-refractivity contribution is 5.92. The zero-order valence-electron chi connectivity index (χ0n) is 11.4. The number of carbonyl (C=O) groups excluding carboxylic acids is 1. The van der Waals surface area contributed by atoms with Crippen LogP contribution in [0.15, 0.2) is 6.07 Å². The molecule has 0 aromatic heterocycles. The summed E-state index contributed by atoms with van der Waals surface area (Å²) in [7, 11) is 0. The van der Waals surface area contributed by atoms with Crippen LogP contribution in [0.5, 0.6) is 0 Å². The molecule has 1 N–H and O–H groups in total. The maximum Gasteiger partial charge on any atom is 0.224 e. The third-order valence-corrected chi connectivity index (χ3v) is 2.68. The Bertz CT molecular complexity index is 449. The summed E-state index contributed by atoms with van der Waals surface area (Å²) in [5, 5.41) is 2.60. The lowest BCUT2D eigenvalue weighted by molar-refractivity contribution is -0.117. The summed E-state index contributed by atoms with van der Waals surface area (Å²) in [6.07, 6.45) is 0.296. The van der Waals surface area contributed by atoms with Gasteiger partial charge in [-0.15, -0.1) is 0 Å². The molecule has 0 unspecified atom stereocenters. The molecular formula is C14H19F2NO. The minimum atomic E-state index is -0.649. The van der Waals surface area contributed by atoms with Crippen LogP contribution < -0.4 is 5.32 Å². The minimum absolute atomic E-state index is 0.169. The third-order valence-electron chi connectivity index (χ3n) is 2.68. The molecular weight excluding hydrogens is 236 g/mol. The summed E-state index contributed by atoms with van der Waals surface area (Å²) in [4.78, 5) is 11.8. The van der Waals surface area contributed by atoms with Gasteiger partial charge >= 0.3 is 0 Å². The fourth-order valence-corrected chi connectivity index (χ4v) is 1.70. The molecule has 0 heterocycles. The highest BCUT2D eigenvalue weighted by Gasteiger charge is 2.19. The largest absolute Gasteiger partial charge is 0.325 e. The lowest BCUT2D eigenvalue weighted by atomic mass is 9.92. The van der Waals surface area contributed by atoms with Crippen molar-refractivity contribution in [3.63, 3.8) is 0 Å². The molecule has 0 spiro atoms. The molecule has 1 rings (SSSR count). The van der Waals surface area contributed by atoms with Crippen LogP contribution in [0.25, 0.3) is 0 Å². The Hall–Kier alpha value is -1.45. The molecule has 0 aliphatic rings. The van der Waals surface area contributed by atoms with E-state index in [1.807, 2.05) is 20.8 Å². The van der Waals surface area contributed by atoms with Crippen LogP contribution in [-0.2, 0) is 4.79 Å². The Morgan fingerprint density at radius 2 is 1.61 bits per heavy atom. The maximum absolute atomic E-state index is 13.4. The van der Waals surface area contributed by atoms with Crippen LogP contribution in [-0.4, -0.2) is 5.91 Å². The molecule has 1 aromatic carbocycles. The van der Waals surface area contributed by atoms with Crippen LogP contribution >= 0.6 is 0 Å². The molecule has 0 saturated heterocycles. The highest BCUT2D eigenvalue weighted by Crippen LogP contribution is 2.27. The summed E-state index contributed by atoms with van der Waals surface area (Å²) in [6.45, 7) is 8.83. The predicted molar refractivity (Wildman–Crippen MR) is 68.5 cm³/mol. The molecule has 0 saturated carbocycles. The van der Waals surface area contributed by atoms with Gasteiger partial charge in [0.25, 0.3) is 0 Å². The van der Waals surface area contributed by atoms with Gasteiger partial charge in [-0.25, -0.2) is 8.78 Å². The van der Waals surface area contributed by atoms with Crippen LogP contribution in [0.2, 0.25) is 0 Å². The van der Waals surface area contributed by atoms with Gasteiger partial charge in [-0.3, -0.25) is 4.79 Å². The molecule has 4 heteroatoms. The number of rotatable bonds is 2. The summed E-state index contributed by atoms with van der Waals surface area (Å²) in [5.74, 6) is -1.54. The number of hydrogen-bond donors (Lipinski definition) is 1. The Morgan fingerprint density at radius 1 is 1.17 bits per heavy atom. The predicted octanol–water partition coefficient (Wildman–Crippen LogP) is 3.96. The average Bonchev–Trinajstić information content (AvgIpc) is 2.19. The molecule has 1 aromatic rings. The Kier molecular flexibility index (Phi) is 4.09. The number of amides is 1. The van der Waals surface area contributed by atoms with Crippen molar-refractivity contribution in [1.29, 1.82) is 0 Å². The highest BCUT2D eigenvalue weighted by atomic mass is 19.1. The second-order valence-electron chi connectivity index (χ2n) is 5.75. The van der Waals surface area contributed by atoms with E-state index in [4.69, 9.17) is 0 Å². The first-order valence-corrected chi connectivity index (χ1v) is 5.87. The topological polar surface area (TPSA) is 29.1 Å². The van der Waals surface area contributed by atoms with Crippen molar-refractivity contribution in [2.24, 2.45) is 5.41 Å². The number of halogens is 2. The maximum atomic E-state index is 13.4. The van der Waals surface area contributed by atoms with Crippen LogP contribution in [0, 0.1) is 30.9 Å². The van der Waals surface area contributed by atoms with E-state index in [9.17, 15) is 13.6 Å². The SMILES string of the molecule is Cc1c(F)cc(F)c(C)c1NC(=O)CC(C)(C)C. The van der Waals surface area contributed by atoms with Crippen molar-refractivity contribution in [3.8, 4) is 0 Å². The summed E-state index contributed by atoms with van der Waals surface area (Å²) in [5.41, 5.74) is 0.590. The number of anilines is 1. The summed E-state index contributed by atoms with van der Waals surface area (Å²) >= 11 is 0. The number of hydrogen-bond acceptors (Lipinski definition) is 1. The van der Waals surface area contributed by atoms with Gasteiger partial charge in [0.1, 0.15) is 11.6 Å². The van der Waals surface area contributed by atoms with Gasteiger partial charge in [-0.05, 0) is 19.3 Å². The first-order valence-electron chi connectivity index (χ1n) is 5.87. The van der Waals surface area contributed by atoms with E-state index in [1.54, 1.807) is 0 Å². The molecule has 0 fully saturated rings. The van der Waals surface area contributed by atoms with Crippen molar-refractivity contribution in [2.45, 2.75) is 41.0 Å². The van der Waals surface area contributed by atoms with E-state index in [1.165, 1.54) is 13.8 Å². The smallest absolute Gasteiger partial charge is 0.224 e.